The van der Waals surface area contributed by atoms with Crippen LogP contribution in [-0.2, 0) is 4.79 Å². The molecule has 1 amide bonds. The van der Waals surface area contributed by atoms with E-state index in [0.717, 1.165) is 12.8 Å². The Labute approximate surface area is 84.4 Å². The Bertz CT molecular complexity index is 228. The van der Waals surface area contributed by atoms with Crippen molar-refractivity contribution in [2.45, 2.75) is 31.9 Å². The monoisotopic (exact) mass is 198 g/mol. The predicted molar refractivity (Wildman–Crippen MR) is 54.6 cm³/mol. The van der Waals surface area contributed by atoms with Crippen LogP contribution in [0.3, 0.4) is 0 Å². The summed E-state index contributed by atoms with van der Waals surface area (Å²) in [5.74, 6) is -0.0540. The average Bonchev–Trinajstić information content (AvgIpc) is 2.18. The molecule has 14 heavy (non-hydrogen) atoms. The highest BCUT2D eigenvalue weighted by molar-refractivity contribution is 5.87. The van der Waals surface area contributed by atoms with Crippen molar-refractivity contribution in [2.75, 3.05) is 13.1 Å². The summed E-state index contributed by atoms with van der Waals surface area (Å²) in [4.78, 5) is 13.3. The van der Waals surface area contributed by atoms with Gasteiger partial charge in [-0.3, -0.25) is 4.79 Å². The van der Waals surface area contributed by atoms with Gasteiger partial charge in [-0.15, -0.1) is 0 Å². The number of likely N-dealkylation sites (tertiary alicyclic amines) is 1. The third-order valence-electron chi connectivity index (χ3n) is 2.54. The number of aliphatic hydroxyl groups is 1. The summed E-state index contributed by atoms with van der Waals surface area (Å²) in [6, 6.07) is 0.216. The lowest BCUT2D eigenvalue weighted by Gasteiger charge is -2.35. The Morgan fingerprint density at radius 2 is 2.36 bits per heavy atom. The number of rotatable bonds is 2. The number of carbonyl (C=O) groups excluding carboxylic acids is 1. The summed E-state index contributed by atoms with van der Waals surface area (Å²) in [6.07, 6.45) is 4.39. The number of β-amino-alcohol motifs (C(OH)–C–C–N with tert-alkyl or cyclic N) is 1. The Morgan fingerprint density at radius 1 is 1.64 bits per heavy atom. The lowest BCUT2D eigenvalue weighted by Crippen LogP contribution is -2.46. The smallest absolute Gasteiger partial charge is 0.246 e. The molecule has 1 rings (SSSR count). The molecule has 0 spiro atoms. The molecule has 0 aliphatic carbocycles. The molecule has 4 nitrogen and oxygen atoms in total. The summed E-state index contributed by atoms with van der Waals surface area (Å²) < 4.78 is 0. The standard InChI is InChI=1S/C10H18N2O2/c1-8-4-5-9(13)7-12(8)10(14)3-2-6-11/h2-3,8-9,13H,4-7,11H2,1H3/b3-2+. The average molecular weight is 198 g/mol. The second-order valence-electron chi connectivity index (χ2n) is 3.71. The van der Waals surface area contributed by atoms with Gasteiger partial charge in [0, 0.05) is 25.2 Å². The predicted octanol–water partition coefficient (Wildman–Crippen LogP) is -0.127. The number of hydrogen-bond donors (Lipinski definition) is 2. The second-order valence-corrected chi connectivity index (χ2v) is 3.71. The summed E-state index contributed by atoms with van der Waals surface area (Å²) >= 11 is 0. The van der Waals surface area contributed by atoms with Crippen LogP contribution in [0.25, 0.3) is 0 Å². The van der Waals surface area contributed by atoms with Crippen LogP contribution < -0.4 is 5.73 Å². The zero-order valence-corrected chi connectivity index (χ0v) is 8.52. The number of hydrogen-bond acceptors (Lipinski definition) is 3. The fourth-order valence-electron chi connectivity index (χ4n) is 1.66. The molecule has 1 fully saturated rings. The maximum absolute atomic E-state index is 11.6. The van der Waals surface area contributed by atoms with Gasteiger partial charge in [-0.25, -0.2) is 0 Å². The van der Waals surface area contributed by atoms with Gasteiger partial charge in [-0.1, -0.05) is 6.08 Å². The summed E-state index contributed by atoms with van der Waals surface area (Å²) in [6.45, 7) is 2.81. The fraction of sp³-hybridized carbons (Fsp3) is 0.700. The molecule has 2 atom stereocenters. The highest BCUT2D eigenvalue weighted by Crippen LogP contribution is 2.17. The minimum absolute atomic E-state index is 0.0540. The topological polar surface area (TPSA) is 66.6 Å². The van der Waals surface area contributed by atoms with E-state index in [1.165, 1.54) is 6.08 Å². The van der Waals surface area contributed by atoms with Crippen molar-refractivity contribution in [3.8, 4) is 0 Å². The van der Waals surface area contributed by atoms with Crippen molar-refractivity contribution in [1.82, 2.24) is 4.90 Å². The van der Waals surface area contributed by atoms with Crippen molar-refractivity contribution >= 4 is 5.91 Å². The fourth-order valence-corrected chi connectivity index (χ4v) is 1.66. The van der Waals surface area contributed by atoms with Crippen molar-refractivity contribution in [3.63, 3.8) is 0 Å². The van der Waals surface area contributed by atoms with Gasteiger partial charge in [-0.2, -0.15) is 0 Å². The highest BCUT2D eigenvalue weighted by atomic mass is 16.3. The van der Waals surface area contributed by atoms with Gasteiger partial charge < -0.3 is 15.7 Å². The molecule has 3 N–H and O–H groups in total. The Balaban J connectivity index is 2.55. The number of nitrogens with two attached hydrogens (primary N) is 1. The van der Waals surface area contributed by atoms with Crippen molar-refractivity contribution in [3.05, 3.63) is 12.2 Å². The van der Waals surface area contributed by atoms with E-state index in [-0.39, 0.29) is 18.1 Å². The molecule has 0 aromatic rings. The van der Waals surface area contributed by atoms with E-state index in [1.54, 1.807) is 11.0 Å². The molecule has 2 unspecified atom stereocenters. The maximum Gasteiger partial charge on any atom is 0.246 e. The van der Waals surface area contributed by atoms with Crippen molar-refractivity contribution in [2.24, 2.45) is 5.73 Å². The first kappa shape index (κ1) is 11.2. The molecular formula is C10H18N2O2. The highest BCUT2D eigenvalue weighted by Gasteiger charge is 2.26. The molecule has 1 heterocycles. The van der Waals surface area contributed by atoms with Crippen LogP contribution in [0.1, 0.15) is 19.8 Å². The SMILES string of the molecule is CC1CCC(O)CN1C(=O)/C=C/CN. The van der Waals surface area contributed by atoms with E-state index in [0.29, 0.717) is 13.1 Å². The Kier molecular flexibility index (Phi) is 4.10. The van der Waals surface area contributed by atoms with Gasteiger partial charge in [0.15, 0.2) is 0 Å². The van der Waals surface area contributed by atoms with Crippen LogP contribution in [0, 0.1) is 0 Å². The van der Waals surface area contributed by atoms with E-state index in [1.807, 2.05) is 6.92 Å². The van der Waals surface area contributed by atoms with Gasteiger partial charge in [0.05, 0.1) is 6.10 Å². The van der Waals surface area contributed by atoms with Gasteiger partial charge in [-0.05, 0) is 19.8 Å². The molecule has 1 saturated heterocycles. The molecule has 4 heteroatoms. The normalized spacial score (nSPS) is 28.4. The zero-order chi connectivity index (χ0) is 10.6. The quantitative estimate of drug-likeness (QED) is 0.608. The summed E-state index contributed by atoms with van der Waals surface area (Å²) in [5, 5.41) is 9.43. The summed E-state index contributed by atoms with van der Waals surface area (Å²) in [5.41, 5.74) is 5.26. The first-order chi connectivity index (χ1) is 6.65. The minimum Gasteiger partial charge on any atom is -0.391 e. The molecule has 1 aliphatic rings. The molecule has 1 aliphatic heterocycles. The van der Waals surface area contributed by atoms with Crippen molar-refractivity contribution in [1.29, 1.82) is 0 Å². The maximum atomic E-state index is 11.6. The molecule has 0 aromatic carbocycles. The van der Waals surface area contributed by atoms with Crippen LogP contribution in [0.15, 0.2) is 12.2 Å². The number of piperidine rings is 1. The second kappa shape index (κ2) is 5.12. The largest absolute Gasteiger partial charge is 0.391 e. The lowest BCUT2D eigenvalue weighted by atomic mass is 10.0. The number of nitrogens with zero attached hydrogens (tertiary/aromatic N) is 1. The Morgan fingerprint density at radius 3 is 3.00 bits per heavy atom. The van der Waals surface area contributed by atoms with E-state index < -0.39 is 0 Å². The molecular weight excluding hydrogens is 180 g/mol. The first-order valence-electron chi connectivity index (χ1n) is 5.00. The molecule has 0 saturated carbocycles. The lowest BCUT2D eigenvalue weighted by molar-refractivity contribution is -0.131. The third-order valence-corrected chi connectivity index (χ3v) is 2.54. The van der Waals surface area contributed by atoms with Crippen LogP contribution in [-0.4, -0.2) is 41.1 Å². The van der Waals surface area contributed by atoms with Crippen LogP contribution in [0.4, 0.5) is 0 Å². The van der Waals surface area contributed by atoms with Crippen LogP contribution in [0.5, 0.6) is 0 Å². The van der Waals surface area contributed by atoms with Crippen LogP contribution in [0.2, 0.25) is 0 Å². The van der Waals surface area contributed by atoms with Gasteiger partial charge in [0.1, 0.15) is 0 Å². The van der Waals surface area contributed by atoms with Gasteiger partial charge in [0.2, 0.25) is 5.91 Å². The Hall–Kier alpha value is -0.870. The van der Waals surface area contributed by atoms with Crippen LogP contribution >= 0.6 is 0 Å². The zero-order valence-electron chi connectivity index (χ0n) is 8.52. The molecule has 0 radical (unpaired) electrons. The summed E-state index contributed by atoms with van der Waals surface area (Å²) in [7, 11) is 0. The van der Waals surface area contributed by atoms with E-state index >= 15 is 0 Å². The molecule has 0 bridgehead atoms. The van der Waals surface area contributed by atoms with E-state index in [4.69, 9.17) is 5.73 Å². The number of aliphatic hydroxyl groups excluding tert-OH is 1. The third kappa shape index (κ3) is 2.82. The van der Waals surface area contributed by atoms with Gasteiger partial charge in [0.25, 0.3) is 0 Å². The minimum atomic E-state index is -0.374. The molecule has 80 valence electrons. The van der Waals surface area contributed by atoms with E-state index in [9.17, 15) is 9.90 Å². The van der Waals surface area contributed by atoms with E-state index in [2.05, 4.69) is 0 Å². The number of carbonyl (C=O) groups is 1. The van der Waals surface area contributed by atoms with Crippen molar-refractivity contribution < 1.29 is 9.90 Å². The first-order valence-corrected chi connectivity index (χ1v) is 5.00. The number of amides is 1. The van der Waals surface area contributed by atoms with Gasteiger partial charge >= 0.3 is 0 Å². The molecule has 0 aromatic heterocycles.